The zero-order valence-corrected chi connectivity index (χ0v) is 9.58. The summed E-state index contributed by atoms with van der Waals surface area (Å²) in [5, 5.41) is 1.92. The molecule has 15 heavy (non-hydrogen) atoms. The molecule has 2 aliphatic carbocycles. The molecule has 3 aliphatic rings. The van der Waals surface area contributed by atoms with E-state index in [1.807, 2.05) is 5.01 Å². The minimum absolute atomic E-state index is 0.386. The van der Waals surface area contributed by atoms with Crippen molar-refractivity contribution in [3.05, 3.63) is 0 Å². The van der Waals surface area contributed by atoms with E-state index >= 15 is 0 Å². The van der Waals surface area contributed by atoms with Crippen molar-refractivity contribution in [3.63, 3.8) is 0 Å². The van der Waals surface area contributed by atoms with Gasteiger partial charge in [0.2, 0.25) is 0 Å². The molecule has 2 fully saturated rings. The van der Waals surface area contributed by atoms with Crippen LogP contribution in [0.3, 0.4) is 0 Å². The first-order valence-corrected chi connectivity index (χ1v) is 6.32. The van der Waals surface area contributed by atoms with Gasteiger partial charge in [0.05, 0.1) is 13.1 Å². The first-order valence-electron chi connectivity index (χ1n) is 6.32. The Bertz CT molecular complexity index is 299. The van der Waals surface area contributed by atoms with Crippen LogP contribution in [0.25, 0.3) is 0 Å². The highest BCUT2D eigenvalue weighted by atomic mass is 15.5. The number of hydrogen-bond acceptors (Lipinski definition) is 3. The molecule has 2 saturated carbocycles. The normalized spacial score (nSPS) is 43.9. The highest BCUT2D eigenvalue weighted by Gasteiger charge is 2.54. The summed E-state index contributed by atoms with van der Waals surface area (Å²) >= 11 is 0. The van der Waals surface area contributed by atoms with Crippen LogP contribution >= 0.6 is 0 Å². The quantitative estimate of drug-likeness (QED) is 0.701. The van der Waals surface area contributed by atoms with Crippen molar-refractivity contribution in [3.8, 4) is 0 Å². The van der Waals surface area contributed by atoms with Gasteiger partial charge in [-0.3, -0.25) is 10.0 Å². The molecule has 3 rings (SSSR count). The van der Waals surface area contributed by atoms with Gasteiger partial charge in [-0.05, 0) is 37.5 Å². The standard InChI is InChI=1S/C12H21N3/c1-2-9-7-12(4-3-10(9)8-12)11-14-5-6-15(11)13/h9-10H,2-8,13H2,1H3. The minimum atomic E-state index is 0.386. The largest absolute Gasteiger partial charge is 0.296 e. The summed E-state index contributed by atoms with van der Waals surface area (Å²) in [7, 11) is 0. The predicted octanol–water partition coefficient (Wildman–Crippen LogP) is 1.79. The number of nitrogens with zero attached hydrogens (tertiary/aromatic N) is 2. The van der Waals surface area contributed by atoms with Gasteiger partial charge < -0.3 is 0 Å². The smallest absolute Gasteiger partial charge is 0.119 e. The number of hydrazine groups is 1. The van der Waals surface area contributed by atoms with Gasteiger partial charge in [0.15, 0.2) is 0 Å². The second-order valence-corrected chi connectivity index (χ2v) is 5.55. The van der Waals surface area contributed by atoms with E-state index in [0.717, 1.165) is 24.9 Å². The lowest BCUT2D eigenvalue weighted by molar-refractivity contribution is 0.284. The fraction of sp³-hybridized carbons (Fsp3) is 0.917. The van der Waals surface area contributed by atoms with Crippen LogP contribution in [-0.2, 0) is 0 Å². The van der Waals surface area contributed by atoms with Gasteiger partial charge in [0.1, 0.15) is 5.84 Å². The molecule has 0 radical (unpaired) electrons. The van der Waals surface area contributed by atoms with E-state index in [4.69, 9.17) is 5.84 Å². The molecule has 3 nitrogen and oxygen atoms in total. The number of hydrogen-bond donors (Lipinski definition) is 1. The third kappa shape index (κ3) is 1.25. The van der Waals surface area contributed by atoms with Crippen LogP contribution in [0.1, 0.15) is 39.0 Å². The molecule has 3 unspecified atom stereocenters. The summed E-state index contributed by atoms with van der Waals surface area (Å²) in [6, 6.07) is 0. The van der Waals surface area contributed by atoms with Gasteiger partial charge in [-0.15, -0.1) is 0 Å². The van der Waals surface area contributed by atoms with Crippen LogP contribution in [0.5, 0.6) is 0 Å². The molecule has 0 aromatic heterocycles. The highest BCUT2D eigenvalue weighted by Crippen LogP contribution is 2.59. The van der Waals surface area contributed by atoms with E-state index < -0.39 is 0 Å². The van der Waals surface area contributed by atoms with Crippen molar-refractivity contribution in [2.24, 2.45) is 28.1 Å². The van der Waals surface area contributed by atoms with Gasteiger partial charge in [0.25, 0.3) is 0 Å². The maximum absolute atomic E-state index is 6.03. The third-order valence-electron chi connectivity index (χ3n) is 4.84. The van der Waals surface area contributed by atoms with Crippen molar-refractivity contribution < 1.29 is 0 Å². The lowest BCUT2D eigenvalue weighted by atomic mass is 9.78. The van der Waals surface area contributed by atoms with Gasteiger partial charge in [0, 0.05) is 5.41 Å². The Kier molecular flexibility index (Phi) is 2.06. The maximum atomic E-state index is 6.03. The summed E-state index contributed by atoms with van der Waals surface area (Å²) in [5.74, 6) is 9.17. The van der Waals surface area contributed by atoms with Crippen LogP contribution in [0, 0.1) is 17.3 Å². The van der Waals surface area contributed by atoms with Gasteiger partial charge in [-0.2, -0.15) is 0 Å². The number of fused-ring (bicyclic) bond motifs is 2. The van der Waals surface area contributed by atoms with E-state index in [-0.39, 0.29) is 0 Å². The van der Waals surface area contributed by atoms with Crippen molar-refractivity contribution in [1.29, 1.82) is 0 Å². The SMILES string of the molecule is CCC1CC2(C3=NCCN3N)CCC1C2. The molecular weight excluding hydrogens is 186 g/mol. The first-order chi connectivity index (χ1) is 7.25. The van der Waals surface area contributed by atoms with Crippen LogP contribution in [0.4, 0.5) is 0 Å². The zero-order valence-electron chi connectivity index (χ0n) is 9.58. The summed E-state index contributed by atoms with van der Waals surface area (Å²) in [6.07, 6.45) is 6.79. The average molecular weight is 207 g/mol. The Hall–Kier alpha value is -0.570. The Morgan fingerprint density at radius 1 is 1.53 bits per heavy atom. The molecule has 3 heteroatoms. The Morgan fingerprint density at radius 3 is 3.00 bits per heavy atom. The number of amidine groups is 1. The van der Waals surface area contributed by atoms with Gasteiger partial charge >= 0.3 is 0 Å². The summed E-state index contributed by atoms with van der Waals surface area (Å²) in [6.45, 7) is 4.17. The summed E-state index contributed by atoms with van der Waals surface area (Å²) in [4.78, 5) is 4.65. The number of aliphatic imine (C=N–C) groups is 1. The zero-order chi connectivity index (χ0) is 10.5. The molecule has 0 aromatic carbocycles. The van der Waals surface area contributed by atoms with Crippen molar-refractivity contribution in [2.45, 2.75) is 39.0 Å². The second-order valence-electron chi connectivity index (χ2n) is 5.55. The Balaban J connectivity index is 1.86. The molecule has 1 aliphatic heterocycles. The number of rotatable bonds is 2. The van der Waals surface area contributed by atoms with E-state index in [0.29, 0.717) is 5.41 Å². The number of nitrogens with two attached hydrogens (primary N) is 1. The molecule has 2 bridgehead atoms. The molecule has 2 N–H and O–H groups in total. The van der Waals surface area contributed by atoms with Crippen LogP contribution in [-0.4, -0.2) is 23.9 Å². The van der Waals surface area contributed by atoms with Crippen LogP contribution in [0.15, 0.2) is 4.99 Å². The molecule has 0 aromatic rings. The maximum Gasteiger partial charge on any atom is 0.119 e. The van der Waals surface area contributed by atoms with E-state index in [2.05, 4.69) is 11.9 Å². The summed E-state index contributed by atoms with van der Waals surface area (Å²) in [5.41, 5.74) is 0.386. The molecule has 0 spiro atoms. The monoisotopic (exact) mass is 207 g/mol. The average Bonchev–Trinajstić information content (AvgIpc) is 2.90. The van der Waals surface area contributed by atoms with E-state index in [9.17, 15) is 0 Å². The lowest BCUT2D eigenvalue weighted by Gasteiger charge is -2.32. The molecule has 1 heterocycles. The topological polar surface area (TPSA) is 41.6 Å². The molecule has 3 atom stereocenters. The predicted molar refractivity (Wildman–Crippen MR) is 61.4 cm³/mol. The van der Waals surface area contributed by atoms with E-state index in [1.54, 1.807) is 0 Å². The van der Waals surface area contributed by atoms with Gasteiger partial charge in [-0.1, -0.05) is 13.3 Å². The lowest BCUT2D eigenvalue weighted by Crippen LogP contribution is -2.44. The second kappa shape index (κ2) is 3.21. The highest BCUT2D eigenvalue weighted by molar-refractivity contribution is 5.89. The van der Waals surface area contributed by atoms with E-state index in [1.165, 1.54) is 37.9 Å². The van der Waals surface area contributed by atoms with Crippen molar-refractivity contribution in [1.82, 2.24) is 5.01 Å². The molecule has 0 amide bonds. The minimum Gasteiger partial charge on any atom is -0.296 e. The first kappa shape index (κ1) is 9.64. The van der Waals surface area contributed by atoms with Crippen LogP contribution < -0.4 is 5.84 Å². The molecule has 0 saturated heterocycles. The Labute approximate surface area is 91.7 Å². The van der Waals surface area contributed by atoms with Gasteiger partial charge in [-0.25, -0.2) is 5.84 Å². The molecule has 84 valence electrons. The fourth-order valence-corrected chi connectivity index (χ4v) is 4.13. The van der Waals surface area contributed by atoms with Crippen LogP contribution in [0.2, 0.25) is 0 Å². The molecular formula is C12H21N3. The fourth-order valence-electron chi connectivity index (χ4n) is 4.13. The Morgan fingerprint density at radius 2 is 2.40 bits per heavy atom. The summed E-state index contributed by atoms with van der Waals surface area (Å²) < 4.78 is 0. The third-order valence-corrected chi connectivity index (χ3v) is 4.84. The van der Waals surface area contributed by atoms with Crippen molar-refractivity contribution >= 4 is 5.84 Å². The van der Waals surface area contributed by atoms with Crippen molar-refractivity contribution in [2.75, 3.05) is 13.1 Å².